The van der Waals surface area contributed by atoms with Crippen LogP contribution in [0, 0.1) is 0 Å². The lowest BCUT2D eigenvalue weighted by atomic mass is 10.3. The first-order valence-corrected chi connectivity index (χ1v) is 5.38. The number of carbonyl (C=O) groups is 1. The third kappa shape index (κ3) is 1.94. The fraction of sp³-hybridized carbons (Fsp3) is 0.222. The molecule has 0 aliphatic carbocycles. The zero-order valence-electron chi connectivity index (χ0n) is 7.99. The highest BCUT2D eigenvalue weighted by Gasteiger charge is 2.27. The number of aliphatic carboxylic acids is 1. The van der Waals surface area contributed by atoms with Gasteiger partial charge in [-0.2, -0.15) is 0 Å². The number of hydrogen-bond acceptors (Lipinski definition) is 6. The van der Waals surface area contributed by atoms with Gasteiger partial charge in [0.1, 0.15) is 22.2 Å². The molecule has 0 spiro atoms. The topological polar surface area (TPSA) is 103 Å². The van der Waals surface area contributed by atoms with Crippen LogP contribution in [0.5, 0.6) is 11.5 Å². The number of carboxylic acids is 1. The minimum Gasteiger partial charge on any atom is -0.506 e. The van der Waals surface area contributed by atoms with Gasteiger partial charge in [-0.3, -0.25) is 4.99 Å². The SMILES string of the molecule is O=C(O)[C@H]1CSC(c2ncc(O)cc2O)=N1. The normalized spacial score (nSPS) is 19.5. The fourth-order valence-electron chi connectivity index (χ4n) is 1.24. The van der Waals surface area contributed by atoms with Gasteiger partial charge < -0.3 is 15.3 Å². The summed E-state index contributed by atoms with van der Waals surface area (Å²) in [7, 11) is 0. The third-order valence-electron chi connectivity index (χ3n) is 1.99. The van der Waals surface area contributed by atoms with Crippen LogP contribution in [0.2, 0.25) is 0 Å². The number of rotatable bonds is 2. The van der Waals surface area contributed by atoms with E-state index in [-0.39, 0.29) is 17.2 Å². The van der Waals surface area contributed by atoms with E-state index in [9.17, 15) is 9.90 Å². The van der Waals surface area contributed by atoms with E-state index in [4.69, 9.17) is 10.2 Å². The maximum Gasteiger partial charge on any atom is 0.329 e. The molecule has 1 aromatic heterocycles. The van der Waals surface area contributed by atoms with E-state index >= 15 is 0 Å². The molecule has 0 saturated heterocycles. The minimum absolute atomic E-state index is 0.153. The molecule has 1 aliphatic rings. The van der Waals surface area contributed by atoms with Crippen LogP contribution in [-0.2, 0) is 4.79 Å². The minimum atomic E-state index is -0.999. The van der Waals surface area contributed by atoms with E-state index < -0.39 is 12.0 Å². The van der Waals surface area contributed by atoms with Gasteiger partial charge in [-0.1, -0.05) is 0 Å². The van der Waals surface area contributed by atoms with Crippen molar-refractivity contribution in [2.24, 2.45) is 4.99 Å². The summed E-state index contributed by atoms with van der Waals surface area (Å²) in [5, 5.41) is 27.7. The van der Waals surface area contributed by atoms with Crippen LogP contribution in [0.4, 0.5) is 0 Å². The van der Waals surface area contributed by atoms with Crippen molar-refractivity contribution in [2.75, 3.05) is 5.75 Å². The summed E-state index contributed by atoms with van der Waals surface area (Å²) in [6.07, 6.45) is 1.17. The molecule has 1 atom stereocenters. The maximum atomic E-state index is 10.7. The molecule has 0 unspecified atom stereocenters. The molecule has 3 N–H and O–H groups in total. The molecule has 16 heavy (non-hydrogen) atoms. The van der Waals surface area contributed by atoms with E-state index in [1.54, 1.807) is 0 Å². The number of aliphatic imine (C=N–C) groups is 1. The Morgan fingerprint density at radius 3 is 2.81 bits per heavy atom. The number of aromatic nitrogens is 1. The van der Waals surface area contributed by atoms with Crippen molar-refractivity contribution in [1.29, 1.82) is 0 Å². The Labute approximate surface area is 94.7 Å². The highest BCUT2D eigenvalue weighted by molar-refractivity contribution is 8.14. The molecule has 0 saturated carbocycles. The van der Waals surface area contributed by atoms with Gasteiger partial charge in [0.05, 0.1) is 6.20 Å². The number of hydrogen-bond donors (Lipinski definition) is 3. The lowest BCUT2D eigenvalue weighted by molar-refractivity contribution is -0.137. The van der Waals surface area contributed by atoms with Gasteiger partial charge in [0.15, 0.2) is 6.04 Å². The first-order chi connectivity index (χ1) is 7.58. The molecule has 6 nitrogen and oxygen atoms in total. The molecule has 1 aliphatic heterocycles. The maximum absolute atomic E-state index is 10.7. The van der Waals surface area contributed by atoms with Crippen molar-refractivity contribution in [1.82, 2.24) is 4.98 Å². The first kappa shape index (κ1) is 10.7. The zero-order chi connectivity index (χ0) is 11.7. The Bertz CT molecular complexity index is 475. The lowest BCUT2D eigenvalue weighted by Gasteiger charge is -2.01. The van der Waals surface area contributed by atoms with Crippen LogP contribution in [-0.4, -0.2) is 43.1 Å². The van der Waals surface area contributed by atoms with Gasteiger partial charge in [0.2, 0.25) is 0 Å². The summed E-state index contributed by atoms with van der Waals surface area (Å²) in [4.78, 5) is 18.4. The second-order valence-corrected chi connectivity index (χ2v) is 4.17. The van der Waals surface area contributed by atoms with E-state index in [0.29, 0.717) is 10.8 Å². The summed E-state index contributed by atoms with van der Waals surface area (Å²) in [5.74, 6) is -1.04. The Morgan fingerprint density at radius 1 is 1.50 bits per heavy atom. The highest BCUT2D eigenvalue weighted by Crippen LogP contribution is 2.29. The van der Waals surface area contributed by atoms with Gasteiger partial charge >= 0.3 is 5.97 Å². The predicted molar refractivity (Wildman–Crippen MR) is 58.0 cm³/mol. The van der Waals surface area contributed by atoms with Crippen molar-refractivity contribution in [3.05, 3.63) is 18.0 Å². The molecule has 84 valence electrons. The summed E-state index contributed by atoms with van der Waals surface area (Å²) >= 11 is 1.22. The van der Waals surface area contributed by atoms with Crippen molar-refractivity contribution in [3.8, 4) is 11.5 Å². The van der Waals surface area contributed by atoms with Crippen LogP contribution < -0.4 is 0 Å². The molecule has 0 aromatic carbocycles. The van der Waals surface area contributed by atoms with Crippen molar-refractivity contribution >= 4 is 22.8 Å². The average Bonchev–Trinajstić information content (AvgIpc) is 2.66. The Morgan fingerprint density at radius 2 is 2.25 bits per heavy atom. The number of aromatic hydroxyl groups is 2. The number of nitrogens with zero attached hydrogens (tertiary/aromatic N) is 2. The Kier molecular flexibility index (Phi) is 2.69. The van der Waals surface area contributed by atoms with Crippen LogP contribution in [0.3, 0.4) is 0 Å². The predicted octanol–water partition coefficient (Wildman–Crippen LogP) is 0.439. The van der Waals surface area contributed by atoms with Crippen molar-refractivity contribution in [3.63, 3.8) is 0 Å². The number of pyridine rings is 1. The molecule has 7 heteroatoms. The van der Waals surface area contributed by atoms with E-state index in [1.165, 1.54) is 18.0 Å². The van der Waals surface area contributed by atoms with Crippen LogP contribution in [0.1, 0.15) is 5.69 Å². The molecule has 1 aromatic rings. The lowest BCUT2D eigenvalue weighted by Crippen LogP contribution is -2.17. The Hall–Kier alpha value is -1.76. The second kappa shape index (κ2) is 4.01. The summed E-state index contributed by atoms with van der Waals surface area (Å²) in [6, 6.07) is 0.342. The Balaban J connectivity index is 2.32. The quantitative estimate of drug-likeness (QED) is 0.693. The largest absolute Gasteiger partial charge is 0.506 e. The van der Waals surface area contributed by atoms with E-state index in [0.717, 1.165) is 6.07 Å². The molecule has 0 bridgehead atoms. The molecule has 0 fully saturated rings. The molecule has 2 heterocycles. The summed E-state index contributed by atoms with van der Waals surface area (Å²) in [6.45, 7) is 0. The highest BCUT2D eigenvalue weighted by atomic mass is 32.2. The summed E-state index contributed by atoms with van der Waals surface area (Å²) in [5.41, 5.74) is 0.201. The number of thioether (sulfide) groups is 1. The fourth-order valence-corrected chi connectivity index (χ4v) is 2.27. The van der Waals surface area contributed by atoms with E-state index in [2.05, 4.69) is 9.98 Å². The second-order valence-electron chi connectivity index (χ2n) is 3.16. The zero-order valence-corrected chi connectivity index (χ0v) is 8.81. The molecule has 0 amide bonds. The molecule has 2 rings (SSSR count). The van der Waals surface area contributed by atoms with Crippen LogP contribution in [0.15, 0.2) is 17.3 Å². The van der Waals surface area contributed by atoms with Gasteiger partial charge in [-0.25, -0.2) is 9.78 Å². The molecule has 0 radical (unpaired) electrons. The molecular weight excluding hydrogens is 232 g/mol. The van der Waals surface area contributed by atoms with E-state index in [1.807, 2.05) is 0 Å². The monoisotopic (exact) mass is 240 g/mol. The number of carboxylic acid groups (broad SMARTS) is 1. The standard InChI is InChI=1S/C9H8N2O4S/c12-4-1-6(13)7(10-2-4)8-11-5(3-16-8)9(14)15/h1-2,5,12-13H,3H2,(H,14,15)/t5-/m1/s1. The van der Waals surface area contributed by atoms with Crippen molar-refractivity contribution < 1.29 is 20.1 Å². The van der Waals surface area contributed by atoms with Gasteiger partial charge in [0.25, 0.3) is 0 Å². The third-order valence-corrected chi connectivity index (χ3v) is 3.05. The van der Waals surface area contributed by atoms with Gasteiger partial charge in [-0.05, 0) is 0 Å². The summed E-state index contributed by atoms with van der Waals surface area (Å²) < 4.78 is 0. The van der Waals surface area contributed by atoms with Crippen molar-refractivity contribution in [2.45, 2.75) is 6.04 Å². The van der Waals surface area contributed by atoms with Gasteiger partial charge in [0, 0.05) is 11.8 Å². The van der Waals surface area contributed by atoms with Crippen LogP contribution >= 0.6 is 11.8 Å². The van der Waals surface area contributed by atoms with Crippen LogP contribution in [0.25, 0.3) is 0 Å². The smallest absolute Gasteiger partial charge is 0.329 e. The first-order valence-electron chi connectivity index (χ1n) is 4.39. The van der Waals surface area contributed by atoms with Gasteiger partial charge in [-0.15, -0.1) is 11.8 Å². The molecular formula is C9H8N2O4S. The average molecular weight is 240 g/mol.